The minimum atomic E-state index is -2.06. The fraction of sp³-hybridized carbons (Fsp3) is 0.323. The molecule has 0 saturated carbocycles. The van der Waals surface area contributed by atoms with Gasteiger partial charge in [-0.1, -0.05) is 53.7 Å². The van der Waals surface area contributed by atoms with Crippen molar-refractivity contribution in [3.63, 3.8) is 0 Å². The number of rotatable bonds is 8. The smallest absolute Gasteiger partial charge is 0.145 e. The number of nitriles is 1. The van der Waals surface area contributed by atoms with Gasteiger partial charge in [-0.25, -0.2) is 0 Å². The fourth-order valence-electron chi connectivity index (χ4n) is 6.05. The van der Waals surface area contributed by atoms with E-state index < -0.39 is 8.07 Å². The van der Waals surface area contributed by atoms with E-state index in [0.717, 1.165) is 44.9 Å². The molecule has 2 aromatic carbocycles. The van der Waals surface area contributed by atoms with E-state index in [1.54, 1.807) is 13.4 Å². The van der Waals surface area contributed by atoms with Gasteiger partial charge in [-0.2, -0.15) is 5.26 Å². The van der Waals surface area contributed by atoms with Gasteiger partial charge in [0.25, 0.3) is 0 Å². The molecule has 4 nitrogen and oxygen atoms in total. The van der Waals surface area contributed by atoms with Gasteiger partial charge < -0.3 is 13.6 Å². The van der Waals surface area contributed by atoms with E-state index in [1.165, 1.54) is 0 Å². The topological polar surface area (TPSA) is 59.3 Å². The molecule has 0 aliphatic heterocycles. The molecular weight excluding hydrogens is 462 g/mol. The third kappa shape index (κ3) is 4.31. The lowest BCUT2D eigenvalue weighted by Gasteiger charge is -2.41. The Morgan fingerprint density at radius 1 is 0.750 bits per heavy atom. The van der Waals surface area contributed by atoms with Crippen LogP contribution in [0.5, 0.6) is 5.75 Å². The molecular formula is C31H35NO3Si. The van der Waals surface area contributed by atoms with E-state index >= 15 is 0 Å². The van der Waals surface area contributed by atoms with Gasteiger partial charge >= 0.3 is 0 Å². The number of nitrogens with zero attached hydrogens (tertiary/aromatic N) is 1. The Labute approximate surface area is 215 Å². The highest BCUT2D eigenvalue weighted by Crippen LogP contribution is 2.45. The second-order valence-corrected chi connectivity index (χ2v) is 16.2. The van der Waals surface area contributed by atoms with E-state index in [1.807, 2.05) is 54.6 Å². The standard InChI is InChI=1S/C31H35NO3Si/c1-20(2)36(21(3)4,22(5)6)29-18-28(30(35-29)25-10-8-23(19-32)9-11-25)31-27(16-17-34-31)24-12-14-26(33-7)15-13-24/h8-18,20-22H,1-7H3. The maximum absolute atomic E-state index is 9.31. The highest BCUT2D eigenvalue weighted by atomic mass is 28.3. The van der Waals surface area contributed by atoms with Gasteiger partial charge in [-0.15, -0.1) is 0 Å². The van der Waals surface area contributed by atoms with Crippen LogP contribution in [0, 0.1) is 11.3 Å². The van der Waals surface area contributed by atoms with Crippen molar-refractivity contribution in [3.05, 3.63) is 72.5 Å². The summed E-state index contributed by atoms with van der Waals surface area (Å²) in [6, 6.07) is 22.1. The van der Waals surface area contributed by atoms with E-state index in [9.17, 15) is 5.26 Å². The summed E-state index contributed by atoms with van der Waals surface area (Å²) in [6.07, 6.45) is 1.74. The van der Waals surface area contributed by atoms with Crippen LogP contribution in [-0.4, -0.2) is 15.2 Å². The van der Waals surface area contributed by atoms with Gasteiger partial charge in [0.2, 0.25) is 0 Å². The first-order valence-corrected chi connectivity index (χ1v) is 14.8. The van der Waals surface area contributed by atoms with Crippen molar-refractivity contribution in [1.82, 2.24) is 0 Å². The molecule has 0 fully saturated rings. The van der Waals surface area contributed by atoms with Crippen molar-refractivity contribution in [2.45, 2.75) is 58.2 Å². The second kappa shape index (κ2) is 10.2. The van der Waals surface area contributed by atoms with Crippen molar-refractivity contribution < 1.29 is 13.6 Å². The summed E-state index contributed by atoms with van der Waals surface area (Å²) in [7, 11) is -0.394. The molecule has 36 heavy (non-hydrogen) atoms. The van der Waals surface area contributed by atoms with Crippen LogP contribution in [-0.2, 0) is 0 Å². The van der Waals surface area contributed by atoms with Crippen molar-refractivity contribution in [2.24, 2.45) is 0 Å². The summed E-state index contributed by atoms with van der Waals surface area (Å²) in [5, 5.41) is 10.4. The molecule has 0 amide bonds. The van der Waals surface area contributed by atoms with Gasteiger partial charge in [0.15, 0.2) is 0 Å². The molecule has 2 heterocycles. The molecule has 0 atom stereocenters. The van der Waals surface area contributed by atoms with Gasteiger partial charge in [0.05, 0.1) is 36.0 Å². The van der Waals surface area contributed by atoms with Crippen LogP contribution in [0.25, 0.3) is 33.8 Å². The van der Waals surface area contributed by atoms with Crippen LogP contribution >= 0.6 is 0 Å². The Kier molecular flexibility index (Phi) is 7.28. The predicted octanol–water partition coefficient (Wildman–Crippen LogP) is 8.64. The SMILES string of the molecule is COc1ccc(-c2ccoc2-c2cc([Si](C(C)C)(C(C)C)C(C)C)oc2-c2ccc(C#N)cc2)cc1. The Hall–Kier alpha value is -3.49. The first-order chi connectivity index (χ1) is 17.2. The van der Waals surface area contributed by atoms with Crippen LogP contribution in [0.1, 0.15) is 47.1 Å². The van der Waals surface area contributed by atoms with Gasteiger partial charge in [-0.05, 0) is 70.7 Å². The lowest BCUT2D eigenvalue weighted by Crippen LogP contribution is -2.55. The molecule has 0 unspecified atom stereocenters. The molecule has 0 aliphatic carbocycles. The third-order valence-electron chi connectivity index (χ3n) is 7.61. The molecule has 4 aromatic rings. The van der Waals surface area contributed by atoms with Crippen LogP contribution < -0.4 is 10.1 Å². The average molecular weight is 498 g/mol. The maximum atomic E-state index is 9.31. The number of benzene rings is 2. The summed E-state index contributed by atoms with van der Waals surface area (Å²) in [6.45, 7) is 14.0. The molecule has 0 saturated heterocycles. The van der Waals surface area contributed by atoms with Gasteiger partial charge in [0.1, 0.15) is 25.3 Å². The molecule has 0 N–H and O–H groups in total. The minimum absolute atomic E-state index is 0.503. The molecule has 4 rings (SSSR count). The predicted molar refractivity (Wildman–Crippen MR) is 149 cm³/mol. The zero-order valence-electron chi connectivity index (χ0n) is 22.3. The zero-order chi connectivity index (χ0) is 26.0. The van der Waals surface area contributed by atoms with Crippen LogP contribution in [0.15, 0.2) is 75.8 Å². The largest absolute Gasteiger partial charge is 0.497 e. The van der Waals surface area contributed by atoms with E-state index in [-0.39, 0.29) is 0 Å². The Balaban J connectivity index is 1.97. The van der Waals surface area contributed by atoms with Crippen LogP contribution in [0.2, 0.25) is 16.6 Å². The number of hydrogen-bond donors (Lipinski definition) is 0. The first-order valence-electron chi connectivity index (χ1n) is 12.6. The lowest BCUT2D eigenvalue weighted by molar-refractivity contribution is 0.415. The first kappa shape index (κ1) is 25.6. The molecule has 0 radical (unpaired) electrons. The van der Waals surface area contributed by atoms with E-state index in [0.29, 0.717) is 22.2 Å². The molecule has 0 aliphatic rings. The summed E-state index contributed by atoms with van der Waals surface area (Å²) in [5.41, 5.74) is 6.07. The highest BCUT2D eigenvalue weighted by Gasteiger charge is 2.48. The molecule has 5 heteroatoms. The van der Waals surface area contributed by atoms with Gasteiger partial charge in [-0.3, -0.25) is 0 Å². The normalized spacial score (nSPS) is 11.9. The van der Waals surface area contributed by atoms with Crippen LogP contribution in [0.4, 0.5) is 0 Å². The summed E-state index contributed by atoms with van der Waals surface area (Å²) in [4.78, 5) is 0. The Morgan fingerprint density at radius 3 is 1.86 bits per heavy atom. The van der Waals surface area contributed by atoms with E-state index in [2.05, 4.69) is 53.7 Å². The highest BCUT2D eigenvalue weighted by molar-refractivity contribution is 6.94. The fourth-order valence-corrected chi connectivity index (χ4v) is 12.4. The average Bonchev–Trinajstić information content (AvgIpc) is 3.51. The second-order valence-electron chi connectivity index (χ2n) is 10.3. The number of ether oxygens (including phenoxy) is 1. The molecule has 2 aromatic heterocycles. The minimum Gasteiger partial charge on any atom is -0.497 e. The Morgan fingerprint density at radius 2 is 1.33 bits per heavy atom. The number of methoxy groups -OCH3 is 1. The van der Waals surface area contributed by atoms with Crippen molar-refractivity contribution in [3.8, 4) is 45.6 Å². The molecule has 0 bridgehead atoms. The van der Waals surface area contributed by atoms with Gasteiger partial charge in [0, 0.05) is 11.1 Å². The Bertz CT molecular complexity index is 1330. The lowest BCUT2D eigenvalue weighted by atomic mass is 10.00. The van der Waals surface area contributed by atoms with Crippen molar-refractivity contribution >= 4 is 13.5 Å². The number of hydrogen-bond acceptors (Lipinski definition) is 4. The zero-order valence-corrected chi connectivity index (χ0v) is 23.3. The van der Waals surface area contributed by atoms with E-state index in [4.69, 9.17) is 13.6 Å². The quantitative estimate of drug-likeness (QED) is 0.229. The monoisotopic (exact) mass is 497 g/mol. The summed E-state index contributed by atoms with van der Waals surface area (Å²) < 4.78 is 18.4. The summed E-state index contributed by atoms with van der Waals surface area (Å²) in [5.74, 6) is 2.39. The molecule has 186 valence electrons. The van der Waals surface area contributed by atoms with Crippen molar-refractivity contribution in [1.29, 1.82) is 5.26 Å². The summed E-state index contributed by atoms with van der Waals surface area (Å²) >= 11 is 0. The number of furan rings is 2. The molecule has 0 spiro atoms. The van der Waals surface area contributed by atoms with Crippen molar-refractivity contribution in [2.75, 3.05) is 7.11 Å². The third-order valence-corrected chi connectivity index (χ3v) is 14.4. The van der Waals surface area contributed by atoms with Crippen LogP contribution in [0.3, 0.4) is 0 Å². The maximum Gasteiger partial charge on any atom is 0.145 e.